The minimum atomic E-state index is -0.728. The summed E-state index contributed by atoms with van der Waals surface area (Å²) in [5.74, 6) is -0.0155. The van der Waals surface area contributed by atoms with Gasteiger partial charge >= 0.3 is 0 Å². The van der Waals surface area contributed by atoms with Gasteiger partial charge in [-0.2, -0.15) is 0 Å². The Balaban J connectivity index is 1.90. The topological polar surface area (TPSA) is 76.7 Å². The molecule has 0 aliphatic carbocycles. The van der Waals surface area contributed by atoms with Crippen LogP contribution < -0.4 is 11.1 Å². The predicted molar refractivity (Wildman–Crippen MR) is 80.7 cm³/mol. The zero-order chi connectivity index (χ0) is 14.4. The van der Waals surface area contributed by atoms with Gasteiger partial charge in [0.2, 0.25) is 6.10 Å². The molecule has 1 aromatic carbocycles. The van der Waals surface area contributed by atoms with Crippen LogP contribution in [0.4, 0.5) is 5.69 Å². The van der Waals surface area contributed by atoms with Crippen molar-refractivity contribution in [3.05, 3.63) is 52.7 Å². The van der Waals surface area contributed by atoms with Gasteiger partial charge in [-0.25, -0.2) is 0 Å². The number of oxime groups is 1. The highest BCUT2D eigenvalue weighted by molar-refractivity contribution is 7.12. The first-order valence-corrected chi connectivity index (χ1v) is 6.94. The van der Waals surface area contributed by atoms with Gasteiger partial charge in [0.15, 0.2) is 5.84 Å². The zero-order valence-electron chi connectivity index (χ0n) is 10.9. The maximum Gasteiger partial charge on any atom is 0.267 e. The SMILES string of the molecule is CC(ON=C(N)c1cccs1)C(=O)Nc1ccccc1. The molecule has 2 aromatic rings. The highest BCUT2D eigenvalue weighted by Gasteiger charge is 2.14. The monoisotopic (exact) mass is 289 g/mol. The Labute approximate surface area is 121 Å². The van der Waals surface area contributed by atoms with Crippen LogP contribution in [-0.2, 0) is 9.63 Å². The lowest BCUT2D eigenvalue weighted by molar-refractivity contribution is -0.126. The number of thiophene rings is 1. The van der Waals surface area contributed by atoms with Gasteiger partial charge in [-0.3, -0.25) is 4.79 Å². The average molecular weight is 289 g/mol. The molecule has 1 atom stereocenters. The summed E-state index contributed by atoms with van der Waals surface area (Å²) in [4.78, 5) is 17.8. The minimum Gasteiger partial charge on any atom is -0.381 e. The number of benzene rings is 1. The molecule has 6 heteroatoms. The van der Waals surface area contributed by atoms with Crippen LogP contribution in [0.25, 0.3) is 0 Å². The van der Waals surface area contributed by atoms with Gasteiger partial charge in [-0.15, -0.1) is 11.3 Å². The summed E-state index contributed by atoms with van der Waals surface area (Å²) in [5, 5.41) is 8.39. The van der Waals surface area contributed by atoms with E-state index in [-0.39, 0.29) is 11.7 Å². The Bertz CT molecular complexity index is 582. The van der Waals surface area contributed by atoms with E-state index in [1.165, 1.54) is 11.3 Å². The number of amides is 1. The molecule has 5 nitrogen and oxygen atoms in total. The quantitative estimate of drug-likeness (QED) is 0.504. The van der Waals surface area contributed by atoms with Crippen LogP contribution in [0, 0.1) is 0 Å². The number of rotatable bonds is 5. The summed E-state index contributed by atoms with van der Waals surface area (Å²) in [5.41, 5.74) is 6.46. The van der Waals surface area contributed by atoms with Gasteiger partial charge in [-0.1, -0.05) is 29.4 Å². The number of carbonyl (C=O) groups is 1. The molecule has 0 saturated carbocycles. The molecule has 0 radical (unpaired) electrons. The van der Waals surface area contributed by atoms with Gasteiger partial charge in [0.05, 0.1) is 4.88 Å². The normalized spacial score (nSPS) is 12.8. The summed E-state index contributed by atoms with van der Waals surface area (Å²) in [7, 11) is 0. The first kappa shape index (κ1) is 14.1. The molecule has 1 heterocycles. The fraction of sp³-hybridized carbons (Fsp3) is 0.143. The first-order chi connectivity index (χ1) is 9.66. The second kappa shape index (κ2) is 6.72. The molecule has 0 aliphatic rings. The number of carbonyl (C=O) groups excluding carboxylic acids is 1. The van der Waals surface area contributed by atoms with E-state index in [2.05, 4.69) is 10.5 Å². The van der Waals surface area contributed by atoms with E-state index in [4.69, 9.17) is 10.6 Å². The van der Waals surface area contributed by atoms with Crippen molar-refractivity contribution in [3.8, 4) is 0 Å². The van der Waals surface area contributed by atoms with Crippen molar-refractivity contribution >= 4 is 28.8 Å². The number of anilines is 1. The second-order valence-corrected chi connectivity index (χ2v) is 5.00. The molecule has 1 unspecified atom stereocenters. The number of nitrogens with two attached hydrogens (primary N) is 1. The molecule has 0 spiro atoms. The number of hydrogen-bond acceptors (Lipinski definition) is 4. The number of nitrogens with zero attached hydrogens (tertiary/aromatic N) is 1. The van der Waals surface area contributed by atoms with Crippen molar-refractivity contribution in [2.24, 2.45) is 10.9 Å². The molecule has 1 amide bonds. The Hall–Kier alpha value is -2.34. The smallest absolute Gasteiger partial charge is 0.267 e. The first-order valence-electron chi connectivity index (χ1n) is 6.06. The largest absolute Gasteiger partial charge is 0.381 e. The minimum absolute atomic E-state index is 0.263. The highest BCUT2D eigenvalue weighted by Crippen LogP contribution is 2.09. The molecule has 2 rings (SSSR count). The molecule has 0 aliphatic heterocycles. The summed E-state index contributed by atoms with van der Waals surface area (Å²) in [6.45, 7) is 1.61. The maximum atomic E-state index is 11.9. The Kier molecular flexibility index (Phi) is 4.73. The lowest BCUT2D eigenvalue weighted by Gasteiger charge is -2.10. The molecular weight excluding hydrogens is 274 g/mol. The lowest BCUT2D eigenvalue weighted by atomic mass is 10.3. The van der Waals surface area contributed by atoms with Crippen LogP contribution in [0.15, 0.2) is 53.0 Å². The number of para-hydroxylation sites is 1. The van der Waals surface area contributed by atoms with E-state index in [1.807, 2.05) is 35.7 Å². The van der Waals surface area contributed by atoms with Crippen LogP contribution in [-0.4, -0.2) is 17.8 Å². The molecular formula is C14H15N3O2S. The van der Waals surface area contributed by atoms with E-state index >= 15 is 0 Å². The highest BCUT2D eigenvalue weighted by atomic mass is 32.1. The van der Waals surface area contributed by atoms with E-state index in [1.54, 1.807) is 19.1 Å². The number of hydrogen-bond donors (Lipinski definition) is 2. The van der Waals surface area contributed by atoms with Gasteiger partial charge in [0.25, 0.3) is 5.91 Å². The second-order valence-electron chi connectivity index (χ2n) is 4.06. The molecule has 104 valence electrons. The molecule has 0 fully saturated rings. The van der Waals surface area contributed by atoms with Crippen LogP contribution >= 0.6 is 11.3 Å². The summed E-state index contributed by atoms with van der Waals surface area (Å²) in [6, 6.07) is 12.9. The average Bonchev–Trinajstić information content (AvgIpc) is 2.99. The van der Waals surface area contributed by atoms with E-state index in [0.29, 0.717) is 5.69 Å². The van der Waals surface area contributed by atoms with Crippen molar-refractivity contribution in [2.75, 3.05) is 5.32 Å². The molecule has 3 N–H and O–H groups in total. The third-order valence-corrected chi connectivity index (χ3v) is 3.39. The van der Waals surface area contributed by atoms with Crippen LogP contribution in [0.3, 0.4) is 0 Å². The molecule has 0 saturated heterocycles. The predicted octanol–water partition coefficient (Wildman–Crippen LogP) is 2.41. The third-order valence-electron chi connectivity index (χ3n) is 2.49. The lowest BCUT2D eigenvalue weighted by Crippen LogP contribution is -2.27. The van der Waals surface area contributed by atoms with E-state index < -0.39 is 6.10 Å². The van der Waals surface area contributed by atoms with Gasteiger partial charge in [-0.05, 0) is 30.5 Å². The number of amidine groups is 1. The summed E-state index contributed by atoms with van der Waals surface area (Å²) >= 11 is 1.46. The van der Waals surface area contributed by atoms with Gasteiger partial charge < -0.3 is 15.9 Å². The third kappa shape index (κ3) is 3.83. The molecule has 20 heavy (non-hydrogen) atoms. The Morgan fingerprint density at radius 3 is 2.70 bits per heavy atom. The Morgan fingerprint density at radius 2 is 2.05 bits per heavy atom. The van der Waals surface area contributed by atoms with Crippen molar-refractivity contribution in [2.45, 2.75) is 13.0 Å². The van der Waals surface area contributed by atoms with Crippen LogP contribution in [0.1, 0.15) is 11.8 Å². The van der Waals surface area contributed by atoms with Gasteiger partial charge in [0, 0.05) is 5.69 Å². The van der Waals surface area contributed by atoms with Crippen molar-refractivity contribution in [3.63, 3.8) is 0 Å². The summed E-state index contributed by atoms with van der Waals surface area (Å²) < 4.78 is 0. The summed E-state index contributed by atoms with van der Waals surface area (Å²) in [6.07, 6.45) is -0.728. The van der Waals surface area contributed by atoms with Gasteiger partial charge in [0.1, 0.15) is 0 Å². The van der Waals surface area contributed by atoms with Crippen molar-refractivity contribution < 1.29 is 9.63 Å². The zero-order valence-corrected chi connectivity index (χ0v) is 11.8. The van der Waals surface area contributed by atoms with Crippen LogP contribution in [0.5, 0.6) is 0 Å². The fourth-order valence-corrected chi connectivity index (χ4v) is 2.04. The van der Waals surface area contributed by atoms with E-state index in [0.717, 1.165) is 4.88 Å². The molecule has 0 bridgehead atoms. The van der Waals surface area contributed by atoms with Crippen molar-refractivity contribution in [1.82, 2.24) is 0 Å². The Morgan fingerprint density at radius 1 is 1.30 bits per heavy atom. The molecule has 1 aromatic heterocycles. The maximum absolute atomic E-state index is 11.9. The van der Waals surface area contributed by atoms with E-state index in [9.17, 15) is 4.79 Å². The van der Waals surface area contributed by atoms with Crippen LogP contribution in [0.2, 0.25) is 0 Å². The standard InChI is InChI=1S/C14H15N3O2S/c1-10(14(18)16-11-6-3-2-4-7-11)19-17-13(15)12-8-5-9-20-12/h2-10H,1H3,(H2,15,17)(H,16,18). The fourth-order valence-electron chi connectivity index (χ4n) is 1.42. The van der Waals surface area contributed by atoms with Crippen molar-refractivity contribution in [1.29, 1.82) is 0 Å². The number of nitrogens with one attached hydrogen (secondary N) is 1.